The summed E-state index contributed by atoms with van der Waals surface area (Å²) in [5, 5.41) is 17.6. The normalized spacial score (nSPS) is 10.5. The van der Waals surface area contributed by atoms with Gasteiger partial charge < -0.3 is 19.8 Å². The number of hydrogen-bond donors (Lipinski definition) is 0. The molecular formula is C4F6O4Ru+. The third-order valence-electron chi connectivity index (χ3n) is 0.463. The molecule has 0 saturated carbocycles. The zero-order valence-corrected chi connectivity index (χ0v) is 7.99. The maximum atomic E-state index is 10.5. The Morgan fingerprint density at radius 2 is 0.800 bits per heavy atom. The molecule has 0 aromatic carbocycles. The molecule has 0 amide bonds. The molecular weight excluding hydrogens is 327 g/mol. The van der Waals surface area contributed by atoms with Crippen LogP contribution >= 0.6 is 0 Å². The molecule has 0 aliphatic rings. The molecule has 0 spiro atoms. The van der Waals surface area contributed by atoms with E-state index in [2.05, 4.69) is 0 Å². The van der Waals surface area contributed by atoms with Crippen molar-refractivity contribution in [2.45, 2.75) is 12.4 Å². The Bertz CT molecular complexity index is 196. The van der Waals surface area contributed by atoms with Gasteiger partial charge in [-0.2, -0.15) is 26.3 Å². The van der Waals surface area contributed by atoms with Crippen LogP contribution in [0.1, 0.15) is 0 Å². The Labute approximate surface area is 90.6 Å². The van der Waals surface area contributed by atoms with E-state index in [-0.39, 0.29) is 19.5 Å². The molecule has 0 saturated heterocycles. The molecule has 0 N–H and O–H groups in total. The van der Waals surface area contributed by atoms with E-state index in [0.29, 0.717) is 0 Å². The number of rotatable bonds is 0. The number of carboxylic acid groups (broad SMARTS) is 2. The van der Waals surface area contributed by atoms with Gasteiger partial charge in [-0.1, -0.05) is 0 Å². The average molecular weight is 327 g/mol. The molecule has 0 aliphatic heterocycles. The van der Waals surface area contributed by atoms with Crippen LogP contribution in [0, 0.1) is 0 Å². The third kappa shape index (κ3) is 13.1. The van der Waals surface area contributed by atoms with Crippen molar-refractivity contribution in [1.82, 2.24) is 0 Å². The van der Waals surface area contributed by atoms with Gasteiger partial charge in [0.05, 0.1) is 0 Å². The van der Waals surface area contributed by atoms with Gasteiger partial charge >= 0.3 is 31.8 Å². The molecule has 89 valence electrons. The first-order chi connectivity index (χ1) is 5.89. The zero-order chi connectivity index (χ0) is 12.2. The van der Waals surface area contributed by atoms with Gasteiger partial charge in [-0.05, 0) is 0 Å². The number of carboxylic acids is 2. The first-order valence-electron chi connectivity index (χ1n) is 2.45. The maximum absolute atomic E-state index is 10.5. The molecule has 0 aliphatic carbocycles. The fourth-order valence-corrected chi connectivity index (χ4v) is 0. The summed E-state index contributed by atoms with van der Waals surface area (Å²) in [6.45, 7) is 0. The van der Waals surface area contributed by atoms with Crippen LogP contribution in [0.15, 0.2) is 0 Å². The Balaban J connectivity index is -0.000000180. The van der Waals surface area contributed by atoms with E-state index in [1.165, 1.54) is 0 Å². The standard InChI is InChI=1S/2C2HF3O2.Ru/c2*3-2(4,5)1(6)7;/h2*(H,6,7);/q;;+3/p-2. The Kier molecular flexibility index (Phi) is 8.65. The second kappa shape index (κ2) is 6.59. The van der Waals surface area contributed by atoms with Gasteiger partial charge in [-0.3, -0.25) is 0 Å². The molecule has 0 heterocycles. The number of carbonyl (C=O) groups excluding carboxylic acids is 2. The molecule has 0 bridgehead atoms. The molecule has 4 nitrogen and oxygen atoms in total. The van der Waals surface area contributed by atoms with E-state index < -0.39 is 24.3 Å². The van der Waals surface area contributed by atoms with Crippen molar-refractivity contribution in [2.24, 2.45) is 0 Å². The number of hydrogen-bond acceptors (Lipinski definition) is 4. The van der Waals surface area contributed by atoms with E-state index >= 15 is 0 Å². The molecule has 0 rings (SSSR count). The minimum atomic E-state index is -5.19. The first kappa shape index (κ1) is 19.7. The summed E-state index contributed by atoms with van der Waals surface area (Å²) in [6, 6.07) is 0. The minimum Gasteiger partial charge on any atom is -0.542 e. The zero-order valence-electron chi connectivity index (χ0n) is 6.25. The first-order valence-corrected chi connectivity index (χ1v) is 2.45. The number of alkyl halides is 6. The molecule has 0 aromatic heterocycles. The van der Waals surface area contributed by atoms with Crippen LogP contribution in [0.5, 0.6) is 0 Å². The summed E-state index contributed by atoms with van der Waals surface area (Å²) >= 11 is 0. The van der Waals surface area contributed by atoms with Gasteiger partial charge in [0.15, 0.2) is 0 Å². The molecule has 0 atom stereocenters. The number of halogens is 6. The second-order valence-electron chi connectivity index (χ2n) is 1.57. The molecule has 0 aromatic rings. The summed E-state index contributed by atoms with van der Waals surface area (Å²) in [7, 11) is 0. The van der Waals surface area contributed by atoms with Crippen molar-refractivity contribution < 1.29 is 65.6 Å². The van der Waals surface area contributed by atoms with Gasteiger partial charge in [0.25, 0.3) is 0 Å². The smallest absolute Gasteiger partial charge is 0.542 e. The van der Waals surface area contributed by atoms with Crippen molar-refractivity contribution in [3.8, 4) is 0 Å². The van der Waals surface area contributed by atoms with Gasteiger partial charge in [0, 0.05) is 0 Å². The van der Waals surface area contributed by atoms with Crippen molar-refractivity contribution >= 4 is 11.9 Å². The van der Waals surface area contributed by atoms with Crippen LogP contribution in [0.2, 0.25) is 0 Å². The van der Waals surface area contributed by atoms with E-state index in [1.807, 2.05) is 0 Å². The largest absolute Gasteiger partial charge is 3.00 e. The van der Waals surface area contributed by atoms with E-state index in [0.717, 1.165) is 0 Å². The molecule has 1 radical (unpaired) electrons. The summed E-state index contributed by atoms with van der Waals surface area (Å²) in [6.07, 6.45) is -10.4. The predicted molar refractivity (Wildman–Crippen MR) is 22.1 cm³/mol. The Morgan fingerprint density at radius 1 is 0.733 bits per heavy atom. The molecule has 11 heteroatoms. The van der Waals surface area contributed by atoms with Gasteiger partial charge in [0.1, 0.15) is 11.9 Å². The van der Waals surface area contributed by atoms with E-state index in [4.69, 9.17) is 19.8 Å². The Hall–Kier alpha value is -0.857. The van der Waals surface area contributed by atoms with Gasteiger partial charge in [0.2, 0.25) is 0 Å². The molecule has 0 fully saturated rings. The minimum absolute atomic E-state index is 0. The number of aliphatic carboxylic acids is 2. The van der Waals surface area contributed by atoms with Crippen LogP contribution in [0.3, 0.4) is 0 Å². The second-order valence-corrected chi connectivity index (χ2v) is 1.57. The quantitative estimate of drug-likeness (QED) is 0.405. The van der Waals surface area contributed by atoms with Crippen LogP contribution in [0.25, 0.3) is 0 Å². The molecule has 15 heavy (non-hydrogen) atoms. The van der Waals surface area contributed by atoms with Crippen LogP contribution in [0.4, 0.5) is 26.3 Å². The fraction of sp³-hybridized carbons (Fsp3) is 0.500. The average Bonchev–Trinajstić information content (AvgIpc) is 1.83. The monoisotopic (exact) mass is 328 g/mol. The Morgan fingerprint density at radius 3 is 0.800 bits per heavy atom. The van der Waals surface area contributed by atoms with Crippen LogP contribution < -0.4 is 10.2 Å². The van der Waals surface area contributed by atoms with E-state index in [9.17, 15) is 26.3 Å². The van der Waals surface area contributed by atoms with Crippen LogP contribution in [-0.2, 0) is 29.1 Å². The van der Waals surface area contributed by atoms with Crippen molar-refractivity contribution in [2.75, 3.05) is 0 Å². The topological polar surface area (TPSA) is 80.3 Å². The summed E-state index contributed by atoms with van der Waals surface area (Å²) < 4.78 is 63.1. The maximum Gasteiger partial charge on any atom is 3.00 e. The third-order valence-corrected chi connectivity index (χ3v) is 0.463. The van der Waals surface area contributed by atoms with Crippen molar-refractivity contribution in [3.63, 3.8) is 0 Å². The summed E-state index contributed by atoms with van der Waals surface area (Å²) in [5.41, 5.74) is 0. The SMILES string of the molecule is O=C([O-])C(F)(F)F.O=C([O-])C(F)(F)F.[Ru+3]. The summed E-state index contributed by atoms with van der Waals surface area (Å²) in [4.78, 5) is 17.6. The summed E-state index contributed by atoms with van der Waals surface area (Å²) in [5.74, 6) is -6.01. The predicted octanol–water partition coefficient (Wildman–Crippen LogP) is -1.41. The fourth-order valence-electron chi connectivity index (χ4n) is 0. The van der Waals surface area contributed by atoms with Gasteiger partial charge in [-0.25, -0.2) is 0 Å². The van der Waals surface area contributed by atoms with Crippen LogP contribution in [-0.4, -0.2) is 24.3 Å². The molecule has 0 unspecified atom stereocenters. The van der Waals surface area contributed by atoms with E-state index in [1.54, 1.807) is 0 Å². The van der Waals surface area contributed by atoms with Crippen molar-refractivity contribution in [1.29, 1.82) is 0 Å². The van der Waals surface area contributed by atoms with Crippen molar-refractivity contribution in [3.05, 3.63) is 0 Å². The number of carbonyl (C=O) groups is 2. The van der Waals surface area contributed by atoms with Gasteiger partial charge in [-0.15, -0.1) is 0 Å².